The molecule has 4 N–H and O–H groups in total. The van der Waals surface area contributed by atoms with Crippen molar-refractivity contribution in [2.75, 3.05) is 5.32 Å². The Hall–Kier alpha value is -1.07. The largest absolute Gasteiger partial charge is 0.333 e. The van der Waals surface area contributed by atoms with E-state index in [0.717, 1.165) is 15.7 Å². The molecule has 0 aliphatic rings. The minimum atomic E-state index is -0.426. The number of hydrogen-bond acceptors (Lipinski definition) is 2. The van der Waals surface area contributed by atoms with Crippen LogP contribution in [0, 0.1) is 6.92 Å². The fraction of sp³-hybridized carbons (Fsp3) is 0.125. The number of nitrogens with one attached hydrogen (secondary N) is 2. The highest BCUT2D eigenvalue weighted by Crippen LogP contribution is 2.19. The molecular weight excluding hydrogens is 234 g/mol. The van der Waals surface area contributed by atoms with Crippen molar-refractivity contribution in [2.24, 2.45) is 5.84 Å². The second-order valence-electron chi connectivity index (χ2n) is 2.56. The number of urea groups is 1. The van der Waals surface area contributed by atoms with Crippen LogP contribution in [0.5, 0.6) is 0 Å². The Bertz CT molecular complexity index is 327. The van der Waals surface area contributed by atoms with Gasteiger partial charge in [0, 0.05) is 10.2 Å². The topological polar surface area (TPSA) is 67.2 Å². The Morgan fingerprint density at radius 3 is 2.77 bits per heavy atom. The quantitative estimate of drug-likeness (QED) is 0.400. The number of carbonyl (C=O) groups is 1. The van der Waals surface area contributed by atoms with E-state index < -0.39 is 6.03 Å². The number of nitrogens with two attached hydrogens (primary N) is 1. The third-order valence-corrected chi connectivity index (χ3v) is 2.06. The number of hydrazine groups is 1. The van der Waals surface area contributed by atoms with Crippen LogP contribution in [0.3, 0.4) is 0 Å². The standard InChI is InChI=1S/C8H10BrN3O/c1-5-4-6(9)2-3-7(5)11-8(13)12-10/h2-4H,10H2,1H3,(H2,11,12,13). The molecule has 0 heterocycles. The van der Waals surface area contributed by atoms with E-state index in [2.05, 4.69) is 21.2 Å². The van der Waals surface area contributed by atoms with Gasteiger partial charge < -0.3 is 5.32 Å². The number of anilines is 1. The molecule has 1 rings (SSSR count). The Balaban J connectivity index is 2.83. The molecule has 13 heavy (non-hydrogen) atoms. The summed E-state index contributed by atoms with van der Waals surface area (Å²) in [7, 11) is 0. The smallest absolute Gasteiger partial charge is 0.307 e. The molecule has 0 bridgehead atoms. The zero-order valence-corrected chi connectivity index (χ0v) is 8.68. The number of hydrogen-bond donors (Lipinski definition) is 3. The maximum atomic E-state index is 10.9. The van der Waals surface area contributed by atoms with Crippen LogP contribution in [-0.2, 0) is 0 Å². The predicted octanol–water partition coefficient (Wildman–Crippen LogP) is 1.75. The van der Waals surface area contributed by atoms with E-state index in [1.165, 1.54) is 0 Å². The van der Waals surface area contributed by atoms with Crippen molar-refractivity contribution in [3.05, 3.63) is 28.2 Å². The van der Waals surface area contributed by atoms with Crippen LogP contribution in [0.25, 0.3) is 0 Å². The second kappa shape index (κ2) is 4.25. The van der Waals surface area contributed by atoms with Crippen molar-refractivity contribution >= 4 is 27.6 Å². The molecule has 0 atom stereocenters. The van der Waals surface area contributed by atoms with E-state index >= 15 is 0 Å². The molecule has 70 valence electrons. The van der Waals surface area contributed by atoms with Crippen LogP contribution in [-0.4, -0.2) is 6.03 Å². The Labute approximate surface area is 84.6 Å². The molecule has 0 spiro atoms. The van der Waals surface area contributed by atoms with Gasteiger partial charge in [-0.3, -0.25) is 5.43 Å². The van der Waals surface area contributed by atoms with Crippen molar-refractivity contribution in [1.29, 1.82) is 0 Å². The van der Waals surface area contributed by atoms with Gasteiger partial charge in [-0.05, 0) is 30.7 Å². The van der Waals surface area contributed by atoms with Gasteiger partial charge in [0.2, 0.25) is 0 Å². The Kier molecular flexibility index (Phi) is 3.27. The monoisotopic (exact) mass is 243 g/mol. The molecule has 0 aromatic heterocycles. The summed E-state index contributed by atoms with van der Waals surface area (Å²) in [6.07, 6.45) is 0. The second-order valence-corrected chi connectivity index (χ2v) is 3.47. The normalized spacial score (nSPS) is 9.46. The van der Waals surface area contributed by atoms with Gasteiger partial charge in [0.1, 0.15) is 0 Å². The first kappa shape index (κ1) is 10.0. The van der Waals surface area contributed by atoms with Crippen LogP contribution in [0.15, 0.2) is 22.7 Å². The van der Waals surface area contributed by atoms with Crippen molar-refractivity contribution in [3.63, 3.8) is 0 Å². The summed E-state index contributed by atoms with van der Waals surface area (Å²) in [4.78, 5) is 10.9. The van der Waals surface area contributed by atoms with Crippen LogP contribution in [0.2, 0.25) is 0 Å². The third-order valence-electron chi connectivity index (χ3n) is 1.57. The highest BCUT2D eigenvalue weighted by atomic mass is 79.9. The van der Waals surface area contributed by atoms with E-state index in [0.29, 0.717) is 0 Å². The number of carbonyl (C=O) groups excluding carboxylic acids is 1. The van der Waals surface area contributed by atoms with Crippen molar-refractivity contribution < 1.29 is 4.79 Å². The molecule has 0 unspecified atom stereocenters. The van der Waals surface area contributed by atoms with E-state index in [1.54, 1.807) is 6.07 Å². The maximum Gasteiger partial charge on any atom is 0.333 e. The Morgan fingerprint density at radius 1 is 1.54 bits per heavy atom. The number of benzene rings is 1. The zero-order valence-electron chi connectivity index (χ0n) is 7.10. The van der Waals surface area contributed by atoms with Gasteiger partial charge in [0.25, 0.3) is 0 Å². The summed E-state index contributed by atoms with van der Waals surface area (Å²) in [5, 5.41) is 2.59. The number of amides is 2. The molecule has 0 saturated carbocycles. The third kappa shape index (κ3) is 2.71. The first-order valence-electron chi connectivity index (χ1n) is 3.67. The molecule has 0 saturated heterocycles. The number of aryl methyl sites for hydroxylation is 1. The fourth-order valence-electron chi connectivity index (χ4n) is 0.926. The molecule has 1 aromatic rings. The lowest BCUT2D eigenvalue weighted by Crippen LogP contribution is -2.34. The summed E-state index contributed by atoms with van der Waals surface area (Å²) >= 11 is 3.33. The molecule has 0 fully saturated rings. The molecule has 2 amide bonds. The van der Waals surface area contributed by atoms with Crippen LogP contribution < -0.4 is 16.6 Å². The highest BCUT2D eigenvalue weighted by molar-refractivity contribution is 9.10. The van der Waals surface area contributed by atoms with Gasteiger partial charge in [-0.15, -0.1) is 0 Å². The SMILES string of the molecule is Cc1cc(Br)ccc1NC(=O)NN. The van der Waals surface area contributed by atoms with E-state index in [4.69, 9.17) is 5.84 Å². The Morgan fingerprint density at radius 2 is 2.23 bits per heavy atom. The van der Waals surface area contributed by atoms with E-state index in [-0.39, 0.29) is 0 Å². The molecule has 0 aliphatic heterocycles. The van der Waals surface area contributed by atoms with E-state index in [9.17, 15) is 4.79 Å². The molecule has 4 nitrogen and oxygen atoms in total. The fourth-order valence-corrected chi connectivity index (χ4v) is 1.40. The summed E-state index contributed by atoms with van der Waals surface area (Å²) < 4.78 is 0.976. The maximum absolute atomic E-state index is 10.9. The van der Waals surface area contributed by atoms with Crippen molar-refractivity contribution in [3.8, 4) is 0 Å². The summed E-state index contributed by atoms with van der Waals surface area (Å²) in [5.74, 6) is 4.93. The average Bonchev–Trinajstić information content (AvgIpc) is 2.09. The summed E-state index contributed by atoms with van der Waals surface area (Å²) in [6.45, 7) is 1.90. The average molecular weight is 244 g/mol. The van der Waals surface area contributed by atoms with Gasteiger partial charge in [-0.1, -0.05) is 15.9 Å². The predicted molar refractivity (Wildman–Crippen MR) is 55.2 cm³/mol. The van der Waals surface area contributed by atoms with Gasteiger partial charge in [-0.2, -0.15) is 0 Å². The van der Waals surface area contributed by atoms with Crippen LogP contribution in [0.1, 0.15) is 5.56 Å². The first-order chi connectivity index (χ1) is 6.13. The van der Waals surface area contributed by atoms with Gasteiger partial charge in [-0.25, -0.2) is 10.6 Å². The lowest BCUT2D eigenvalue weighted by molar-refractivity contribution is 0.252. The number of rotatable bonds is 1. The van der Waals surface area contributed by atoms with Gasteiger partial charge >= 0.3 is 6.03 Å². The van der Waals surface area contributed by atoms with Crippen LogP contribution >= 0.6 is 15.9 Å². The van der Waals surface area contributed by atoms with Crippen LogP contribution in [0.4, 0.5) is 10.5 Å². The lowest BCUT2D eigenvalue weighted by Gasteiger charge is -2.07. The summed E-state index contributed by atoms with van der Waals surface area (Å²) in [5.41, 5.74) is 3.71. The number of halogens is 1. The van der Waals surface area contributed by atoms with E-state index in [1.807, 2.05) is 24.5 Å². The first-order valence-corrected chi connectivity index (χ1v) is 4.46. The molecule has 1 aromatic carbocycles. The minimum absolute atomic E-state index is 0.426. The zero-order chi connectivity index (χ0) is 9.84. The van der Waals surface area contributed by atoms with Gasteiger partial charge in [0.15, 0.2) is 0 Å². The van der Waals surface area contributed by atoms with Crippen molar-refractivity contribution in [2.45, 2.75) is 6.92 Å². The summed E-state index contributed by atoms with van der Waals surface area (Å²) in [6, 6.07) is 5.13. The minimum Gasteiger partial charge on any atom is -0.307 e. The molecular formula is C8H10BrN3O. The molecule has 0 aliphatic carbocycles. The van der Waals surface area contributed by atoms with Crippen molar-refractivity contribution in [1.82, 2.24) is 5.43 Å². The van der Waals surface area contributed by atoms with Gasteiger partial charge in [0.05, 0.1) is 0 Å². The molecule has 5 heteroatoms. The molecule has 0 radical (unpaired) electrons. The highest BCUT2D eigenvalue weighted by Gasteiger charge is 2.01. The lowest BCUT2D eigenvalue weighted by atomic mass is 10.2.